The van der Waals surface area contributed by atoms with Crippen molar-refractivity contribution in [3.63, 3.8) is 0 Å². The average molecular weight is 213 g/mol. The summed E-state index contributed by atoms with van der Waals surface area (Å²) in [5.41, 5.74) is -0.571. The molecular weight excluding hydrogens is 202 g/mol. The highest BCUT2D eigenvalue weighted by Crippen LogP contribution is 2.28. The third-order valence-corrected chi connectivity index (χ3v) is 2.68. The van der Waals surface area contributed by atoms with E-state index >= 15 is 0 Å². The summed E-state index contributed by atoms with van der Waals surface area (Å²) in [5.74, 6) is -3.08. The molecule has 15 heavy (non-hydrogen) atoms. The van der Waals surface area contributed by atoms with Gasteiger partial charge in [-0.1, -0.05) is 0 Å². The van der Waals surface area contributed by atoms with Crippen LogP contribution >= 0.6 is 0 Å². The Bertz CT molecular complexity index is 313. The van der Waals surface area contributed by atoms with E-state index in [4.69, 9.17) is 4.74 Å². The number of hydrogen-bond donors (Lipinski definition) is 1. The minimum atomic E-state index is -1.30. The number of ether oxygens (including phenoxy) is 2. The number of methoxy groups -OCH3 is 1. The molecule has 1 amide bonds. The summed E-state index contributed by atoms with van der Waals surface area (Å²) >= 11 is 0. The molecule has 0 aromatic rings. The molecule has 2 aliphatic rings. The Morgan fingerprint density at radius 1 is 1.53 bits per heavy atom. The summed E-state index contributed by atoms with van der Waals surface area (Å²) in [7, 11) is 1.15. The van der Waals surface area contributed by atoms with Gasteiger partial charge < -0.3 is 14.8 Å². The van der Waals surface area contributed by atoms with Crippen LogP contribution in [0.2, 0.25) is 0 Å². The third-order valence-electron chi connectivity index (χ3n) is 2.68. The maximum atomic E-state index is 11.6. The van der Waals surface area contributed by atoms with Crippen LogP contribution in [-0.4, -0.2) is 43.5 Å². The molecule has 82 valence electrons. The second-order valence-electron chi connectivity index (χ2n) is 3.86. The molecule has 0 bridgehead atoms. The zero-order valence-electron chi connectivity index (χ0n) is 8.24. The highest BCUT2D eigenvalue weighted by Gasteiger charge is 2.51. The van der Waals surface area contributed by atoms with Gasteiger partial charge in [0, 0.05) is 6.42 Å². The zero-order valence-corrected chi connectivity index (χ0v) is 8.24. The first kappa shape index (κ1) is 10.1. The lowest BCUT2D eigenvalue weighted by Crippen LogP contribution is -2.68. The second-order valence-corrected chi connectivity index (χ2v) is 3.86. The number of esters is 1. The first-order valence-electron chi connectivity index (χ1n) is 4.58. The molecule has 1 atom stereocenters. The molecular formula is C9H11NO5. The van der Waals surface area contributed by atoms with Gasteiger partial charge in [0.2, 0.25) is 5.91 Å². The minimum Gasteiger partial charge on any atom is -0.468 e. The van der Waals surface area contributed by atoms with Gasteiger partial charge in [0.25, 0.3) is 0 Å². The molecule has 2 saturated heterocycles. The number of ketones is 1. The lowest BCUT2D eigenvalue weighted by Gasteiger charge is -2.45. The molecule has 0 radical (unpaired) electrons. The van der Waals surface area contributed by atoms with Crippen LogP contribution in [0, 0.1) is 5.92 Å². The minimum absolute atomic E-state index is 0.137. The third kappa shape index (κ3) is 1.50. The van der Waals surface area contributed by atoms with Gasteiger partial charge in [-0.05, 0) is 0 Å². The number of hydrogen-bond acceptors (Lipinski definition) is 5. The van der Waals surface area contributed by atoms with E-state index in [2.05, 4.69) is 10.1 Å². The number of carbonyl (C=O) groups excluding carboxylic acids is 3. The van der Waals surface area contributed by atoms with Crippen molar-refractivity contribution in [2.75, 3.05) is 20.3 Å². The normalized spacial score (nSPS) is 28.2. The quantitative estimate of drug-likeness (QED) is 0.429. The van der Waals surface area contributed by atoms with Crippen LogP contribution in [0.1, 0.15) is 6.42 Å². The highest BCUT2D eigenvalue weighted by atomic mass is 16.5. The summed E-state index contributed by atoms with van der Waals surface area (Å²) < 4.78 is 9.35. The van der Waals surface area contributed by atoms with Crippen LogP contribution in [0.25, 0.3) is 0 Å². The van der Waals surface area contributed by atoms with Gasteiger partial charge in [-0.15, -0.1) is 0 Å². The van der Waals surface area contributed by atoms with Crippen molar-refractivity contribution in [1.29, 1.82) is 0 Å². The first-order chi connectivity index (χ1) is 7.08. The van der Waals surface area contributed by atoms with Gasteiger partial charge in [-0.2, -0.15) is 0 Å². The fraction of sp³-hybridized carbons (Fsp3) is 0.667. The number of rotatable bonds is 1. The van der Waals surface area contributed by atoms with Crippen LogP contribution in [0.5, 0.6) is 0 Å². The van der Waals surface area contributed by atoms with Crippen LogP contribution in [0.3, 0.4) is 0 Å². The molecule has 0 aliphatic carbocycles. The van der Waals surface area contributed by atoms with Crippen molar-refractivity contribution in [2.45, 2.75) is 12.0 Å². The fourth-order valence-electron chi connectivity index (χ4n) is 1.84. The van der Waals surface area contributed by atoms with E-state index in [9.17, 15) is 14.4 Å². The van der Waals surface area contributed by atoms with E-state index in [0.717, 1.165) is 7.11 Å². The Balaban J connectivity index is 2.14. The van der Waals surface area contributed by atoms with Crippen molar-refractivity contribution in [3.8, 4) is 0 Å². The van der Waals surface area contributed by atoms with Gasteiger partial charge in [0.1, 0.15) is 0 Å². The molecule has 2 fully saturated rings. The average Bonchev–Trinajstić information content (AvgIpc) is 2.13. The van der Waals surface area contributed by atoms with Crippen LogP contribution in [-0.2, 0) is 23.9 Å². The Labute approximate surface area is 85.9 Å². The Morgan fingerprint density at radius 2 is 2.20 bits per heavy atom. The maximum Gasteiger partial charge on any atom is 0.325 e. The van der Waals surface area contributed by atoms with E-state index < -0.39 is 29.1 Å². The molecule has 0 saturated carbocycles. The van der Waals surface area contributed by atoms with Crippen molar-refractivity contribution >= 4 is 17.7 Å². The topological polar surface area (TPSA) is 81.7 Å². The lowest BCUT2D eigenvalue weighted by atomic mass is 9.81. The molecule has 6 heteroatoms. The van der Waals surface area contributed by atoms with Crippen LogP contribution < -0.4 is 5.32 Å². The van der Waals surface area contributed by atoms with Gasteiger partial charge in [0.05, 0.1) is 25.9 Å². The highest BCUT2D eigenvalue weighted by molar-refractivity contribution is 6.18. The van der Waals surface area contributed by atoms with E-state index in [0.29, 0.717) is 13.2 Å². The largest absolute Gasteiger partial charge is 0.468 e. The van der Waals surface area contributed by atoms with Gasteiger partial charge in [-0.25, -0.2) is 0 Å². The fourth-order valence-corrected chi connectivity index (χ4v) is 1.84. The SMILES string of the molecule is COC(=O)[C@H]1C(=O)CC2(COC2)NC1=O. The number of carbonyl (C=O) groups is 3. The smallest absolute Gasteiger partial charge is 0.325 e. The van der Waals surface area contributed by atoms with Crippen LogP contribution in [0.4, 0.5) is 0 Å². The molecule has 6 nitrogen and oxygen atoms in total. The van der Waals surface area contributed by atoms with Crippen molar-refractivity contribution in [2.24, 2.45) is 5.92 Å². The van der Waals surface area contributed by atoms with Crippen molar-refractivity contribution < 1.29 is 23.9 Å². The number of Topliss-reactive ketones (excluding diaryl/α,β-unsaturated/α-hetero) is 1. The molecule has 0 aromatic carbocycles. The standard InChI is InChI=1S/C9H11NO5/c1-14-8(13)6-5(11)2-9(3-15-4-9)10-7(6)12/h6H,2-4H2,1H3,(H,10,12)/t6-/m0/s1. The predicted molar refractivity (Wildman–Crippen MR) is 46.8 cm³/mol. The van der Waals surface area contributed by atoms with E-state index in [1.54, 1.807) is 0 Å². The molecule has 0 unspecified atom stereocenters. The first-order valence-corrected chi connectivity index (χ1v) is 4.58. The van der Waals surface area contributed by atoms with Crippen molar-refractivity contribution in [1.82, 2.24) is 5.32 Å². The number of nitrogens with one attached hydrogen (secondary N) is 1. The summed E-state index contributed by atoms with van der Waals surface area (Å²) in [5, 5.41) is 2.64. The van der Waals surface area contributed by atoms with Crippen molar-refractivity contribution in [3.05, 3.63) is 0 Å². The Kier molecular flexibility index (Phi) is 2.22. The van der Waals surface area contributed by atoms with Gasteiger partial charge >= 0.3 is 5.97 Å². The molecule has 1 spiro atoms. The molecule has 0 aromatic heterocycles. The summed E-state index contributed by atoms with van der Waals surface area (Å²) in [6.07, 6.45) is 0.137. The van der Waals surface area contributed by atoms with Crippen LogP contribution in [0.15, 0.2) is 0 Å². The molecule has 1 N–H and O–H groups in total. The van der Waals surface area contributed by atoms with Gasteiger partial charge in [-0.3, -0.25) is 14.4 Å². The molecule has 2 heterocycles. The summed E-state index contributed by atoms with van der Waals surface area (Å²) in [6, 6.07) is 0. The predicted octanol–water partition coefficient (Wildman–Crippen LogP) is -1.37. The lowest BCUT2D eigenvalue weighted by molar-refractivity contribution is -0.164. The Hall–Kier alpha value is -1.43. The molecule has 2 rings (SSSR count). The zero-order chi connectivity index (χ0) is 11.1. The van der Waals surface area contributed by atoms with E-state index in [1.165, 1.54) is 0 Å². The summed E-state index contributed by atoms with van der Waals surface area (Å²) in [6.45, 7) is 0.663. The monoisotopic (exact) mass is 213 g/mol. The van der Waals surface area contributed by atoms with E-state index in [-0.39, 0.29) is 6.42 Å². The number of piperidine rings is 1. The van der Waals surface area contributed by atoms with E-state index in [1.807, 2.05) is 0 Å². The maximum absolute atomic E-state index is 11.6. The second kappa shape index (κ2) is 3.30. The summed E-state index contributed by atoms with van der Waals surface area (Å²) in [4.78, 5) is 34.3. The number of amides is 1. The molecule has 2 aliphatic heterocycles. The Morgan fingerprint density at radius 3 is 2.60 bits per heavy atom. The van der Waals surface area contributed by atoms with Gasteiger partial charge in [0.15, 0.2) is 11.7 Å².